The van der Waals surface area contributed by atoms with Crippen molar-refractivity contribution < 1.29 is 14.6 Å². The SMILES string of the molecule is Cc1ccc(Oc2cc(C)ncc2C(=O)O)c(Cl)c1. The standard InChI is InChI=1S/C14H12ClNO3/c1-8-3-4-12(11(15)5-8)19-13-6-9(2)16-7-10(13)14(17)18/h3-7H,1-2H3,(H,17,18). The second-order valence-electron chi connectivity index (χ2n) is 4.16. The highest BCUT2D eigenvalue weighted by Gasteiger charge is 2.14. The third-order valence-electron chi connectivity index (χ3n) is 2.54. The van der Waals surface area contributed by atoms with Crippen LogP contribution in [0.4, 0.5) is 0 Å². The summed E-state index contributed by atoms with van der Waals surface area (Å²) in [7, 11) is 0. The molecule has 0 atom stereocenters. The Hall–Kier alpha value is -2.07. The van der Waals surface area contributed by atoms with E-state index >= 15 is 0 Å². The molecule has 0 saturated heterocycles. The summed E-state index contributed by atoms with van der Waals surface area (Å²) >= 11 is 6.06. The van der Waals surface area contributed by atoms with Crippen molar-refractivity contribution in [3.8, 4) is 11.5 Å². The molecule has 0 spiro atoms. The van der Waals surface area contributed by atoms with Gasteiger partial charge in [0.2, 0.25) is 0 Å². The summed E-state index contributed by atoms with van der Waals surface area (Å²) in [4.78, 5) is 15.1. The van der Waals surface area contributed by atoms with E-state index in [9.17, 15) is 4.79 Å². The van der Waals surface area contributed by atoms with E-state index in [4.69, 9.17) is 21.4 Å². The van der Waals surface area contributed by atoms with Gasteiger partial charge in [-0.25, -0.2) is 4.79 Å². The maximum absolute atomic E-state index is 11.1. The Morgan fingerprint density at radius 1 is 1.26 bits per heavy atom. The predicted molar refractivity (Wildman–Crippen MR) is 72.2 cm³/mol. The molecule has 0 aliphatic rings. The van der Waals surface area contributed by atoms with Gasteiger partial charge in [0.05, 0.1) is 5.02 Å². The van der Waals surface area contributed by atoms with Gasteiger partial charge in [-0.15, -0.1) is 0 Å². The Bertz CT molecular complexity index is 641. The van der Waals surface area contributed by atoms with E-state index in [1.807, 2.05) is 13.0 Å². The fourth-order valence-corrected chi connectivity index (χ4v) is 1.86. The van der Waals surface area contributed by atoms with E-state index in [1.54, 1.807) is 25.1 Å². The van der Waals surface area contributed by atoms with Crippen LogP contribution in [0, 0.1) is 13.8 Å². The summed E-state index contributed by atoms with van der Waals surface area (Å²) in [6, 6.07) is 6.87. The monoisotopic (exact) mass is 277 g/mol. The van der Waals surface area contributed by atoms with Crippen LogP contribution in [-0.4, -0.2) is 16.1 Å². The molecule has 1 N–H and O–H groups in total. The lowest BCUT2D eigenvalue weighted by molar-refractivity contribution is 0.0693. The Balaban J connectivity index is 2.42. The number of benzene rings is 1. The first-order valence-corrected chi connectivity index (χ1v) is 5.99. The van der Waals surface area contributed by atoms with Crippen LogP contribution >= 0.6 is 11.6 Å². The van der Waals surface area contributed by atoms with Crippen molar-refractivity contribution in [2.45, 2.75) is 13.8 Å². The van der Waals surface area contributed by atoms with Crippen molar-refractivity contribution in [3.63, 3.8) is 0 Å². The van der Waals surface area contributed by atoms with Gasteiger partial charge in [-0.05, 0) is 31.5 Å². The zero-order valence-electron chi connectivity index (χ0n) is 10.5. The number of hydrogen-bond donors (Lipinski definition) is 1. The average Bonchev–Trinajstić information content (AvgIpc) is 2.32. The highest BCUT2D eigenvalue weighted by atomic mass is 35.5. The molecular formula is C14H12ClNO3. The lowest BCUT2D eigenvalue weighted by Gasteiger charge is -2.10. The van der Waals surface area contributed by atoms with Crippen LogP contribution in [-0.2, 0) is 0 Å². The topological polar surface area (TPSA) is 59.4 Å². The minimum absolute atomic E-state index is 0.00208. The molecule has 0 amide bonds. The minimum Gasteiger partial charge on any atom is -0.477 e. The number of carboxylic acids is 1. The number of carboxylic acid groups (broad SMARTS) is 1. The van der Waals surface area contributed by atoms with Gasteiger partial charge in [0.1, 0.15) is 17.1 Å². The fraction of sp³-hybridized carbons (Fsp3) is 0.143. The summed E-state index contributed by atoms with van der Waals surface area (Å²) in [5.74, 6) is -0.447. The second kappa shape index (κ2) is 5.28. The van der Waals surface area contributed by atoms with Gasteiger partial charge >= 0.3 is 5.97 Å². The third-order valence-corrected chi connectivity index (χ3v) is 2.84. The van der Waals surface area contributed by atoms with Crippen LogP contribution in [0.5, 0.6) is 11.5 Å². The average molecular weight is 278 g/mol. The van der Waals surface area contributed by atoms with Crippen LogP contribution in [0.1, 0.15) is 21.6 Å². The van der Waals surface area contributed by atoms with Gasteiger partial charge in [-0.1, -0.05) is 17.7 Å². The van der Waals surface area contributed by atoms with Crippen molar-refractivity contribution in [1.82, 2.24) is 4.98 Å². The molecule has 0 bridgehead atoms. The molecule has 1 heterocycles. The van der Waals surface area contributed by atoms with Crippen LogP contribution in [0.25, 0.3) is 0 Å². The molecule has 0 aliphatic carbocycles. The first-order chi connectivity index (χ1) is 8.97. The zero-order valence-corrected chi connectivity index (χ0v) is 11.2. The fourth-order valence-electron chi connectivity index (χ4n) is 1.59. The molecule has 0 aliphatic heterocycles. The van der Waals surface area contributed by atoms with E-state index in [-0.39, 0.29) is 11.3 Å². The summed E-state index contributed by atoms with van der Waals surface area (Å²) in [6.07, 6.45) is 1.27. The molecule has 4 nitrogen and oxygen atoms in total. The summed E-state index contributed by atoms with van der Waals surface area (Å²) in [5, 5.41) is 9.53. The number of halogens is 1. The molecule has 98 valence electrons. The van der Waals surface area contributed by atoms with E-state index in [1.165, 1.54) is 6.20 Å². The lowest BCUT2D eigenvalue weighted by atomic mass is 10.2. The Morgan fingerprint density at radius 3 is 2.63 bits per heavy atom. The number of aryl methyl sites for hydroxylation is 2. The van der Waals surface area contributed by atoms with Gasteiger partial charge in [0.15, 0.2) is 0 Å². The van der Waals surface area contributed by atoms with Gasteiger partial charge in [0, 0.05) is 18.0 Å². The van der Waals surface area contributed by atoms with Gasteiger partial charge in [-0.3, -0.25) is 4.98 Å². The molecular weight excluding hydrogens is 266 g/mol. The molecule has 1 aromatic carbocycles. The highest BCUT2D eigenvalue weighted by Crippen LogP contribution is 2.32. The van der Waals surface area contributed by atoms with E-state index < -0.39 is 5.97 Å². The molecule has 2 aromatic rings. The van der Waals surface area contributed by atoms with Crippen LogP contribution in [0.3, 0.4) is 0 Å². The van der Waals surface area contributed by atoms with Crippen molar-refractivity contribution in [3.05, 3.63) is 52.3 Å². The molecule has 0 fully saturated rings. The number of aromatic carboxylic acids is 1. The number of pyridine rings is 1. The third kappa shape index (κ3) is 3.03. The van der Waals surface area contributed by atoms with Crippen molar-refractivity contribution in [1.29, 1.82) is 0 Å². The zero-order chi connectivity index (χ0) is 14.0. The number of aromatic nitrogens is 1. The number of rotatable bonds is 3. The molecule has 19 heavy (non-hydrogen) atoms. The highest BCUT2D eigenvalue weighted by molar-refractivity contribution is 6.32. The largest absolute Gasteiger partial charge is 0.477 e. The minimum atomic E-state index is -1.09. The number of ether oxygens (including phenoxy) is 1. The van der Waals surface area contributed by atoms with Crippen molar-refractivity contribution in [2.75, 3.05) is 0 Å². The Kier molecular flexibility index (Phi) is 3.71. The van der Waals surface area contributed by atoms with Crippen LogP contribution < -0.4 is 4.74 Å². The number of nitrogens with zero attached hydrogens (tertiary/aromatic N) is 1. The number of hydrogen-bond acceptors (Lipinski definition) is 3. The van der Waals surface area contributed by atoms with E-state index in [2.05, 4.69) is 4.98 Å². The summed E-state index contributed by atoms with van der Waals surface area (Å²) in [6.45, 7) is 3.67. The summed E-state index contributed by atoms with van der Waals surface area (Å²) < 4.78 is 5.58. The van der Waals surface area contributed by atoms with Crippen LogP contribution in [0.15, 0.2) is 30.5 Å². The van der Waals surface area contributed by atoms with E-state index in [0.29, 0.717) is 16.5 Å². The quantitative estimate of drug-likeness (QED) is 0.926. The molecule has 1 aromatic heterocycles. The van der Waals surface area contributed by atoms with Crippen molar-refractivity contribution >= 4 is 17.6 Å². The molecule has 0 radical (unpaired) electrons. The van der Waals surface area contributed by atoms with Gasteiger partial charge in [-0.2, -0.15) is 0 Å². The Labute approximate surface area is 115 Å². The predicted octanol–water partition coefficient (Wildman–Crippen LogP) is 3.84. The molecule has 5 heteroatoms. The maximum Gasteiger partial charge on any atom is 0.341 e. The van der Waals surface area contributed by atoms with Gasteiger partial charge in [0.25, 0.3) is 0 Å². The first-order valence-electron chi connectivity index (χ1n) is 5.61. The van der Waals surface area contributed by atoms with Crippen LogP contribution in [0.2, 0.25) is 5.02 Å². The normalized spacial score (nSPS) is 10.3. The molecule has 0 saturated carbocycles. The lowest BCUT2D eigenvalue weighted by Crippen LogP contribution is -2.02. The molecule has 2 rings (SSSR count). The molecule has 0 unspecified atom stereocenters. The van der Waals surface area contributed by atoms with Crippen molar-refractivity contribution in [2.24, 2.45) is 0 Å². The second-order valence-corrected chi connectivity index (χ2v) is 4.57. The maximum atomic E-state index is 11.1. The Morgan fingerprint density at radius 2 is 2.00 bits per heavy atom. The number of carbonyl (C=O) groups is 1. The smallest absolute Gasteiger partial charge is 0.341 e. The summed E-state index contributed by atoms with van der Waals surface area (Å²) in [5.41, 5.74) is 1.67. The van der Waals surface area contributed by atoms with E-state index in [0.717, 1.165) is 5.56 Å². The first kappa shape index (κ1) is 13.4. The van der Waals surface area contributed by atoms with Gasteiger partial charge < -0.3 is 9.84 Å².